The molecule has 2 aromatic rings. The van der Waals surface area contributed by atoms with Crippen molar-refractivity contribution in [3.8, 4) is 0 Å². The Morgan fingerprint density at radius 1 is 1.09 bits per heavy atom. The predicted molar refractivity (Wildman–Crippen MR) is 78.9 cm³/mol. The molecule has 1 aliphatic heterocycles. The number of hydrogen-bond acceptors (Lipinski definition) is 6. The fourth-order valence-electron chi connectivity index (χ4n) is 2.36. The molecule has 1 saturated heterocycles. The van der Waals surface area contributed by atoms with Crippen LogP contribution in [0.1, 0.15) is 46.9 Å². The van der Waals surface area contributed by atoms with Crippen molar-refractivity contribution in [2.75, 3.05) is 26.2 Å². The van der Waals surface area contributed by atoms with Gasteiger partial charge in [0.1, 0.15) is 0 Å². The molecule has 0 spiro atoms. The minimum absolute atomic E-state index is 0.000453. The number of carbonyl (C=O) groups excluding carboxylic acids is 2. The van der Waals surface area contributed by atoms with Crippen molar-refractivity contribution in [1.82, 2.24) is 20.0 Å². The van der Waals surface area contributed by atoms with Crippen LogP contribution in [0.25, 0.3) is 0 Å². The second kappa shape index (κ2) is 6.23. The van der Waals surface area contributed by atoms with Gasteiger partial charge in [0.05, 0.1) is 6.26 Å². The van der Waals surface area contributed by atoms with Crippen LogP contribution in [0.4, 0.5) is 0 Å². The van der Waals surface area contributed by atoms with Crippen molar-refractivity contribution in [3.05, 3.63) is 35.9 Å². The monoisotopic (exact) mass is 318 g/mol. The summed E-state index contributed by atoms with van der Waals surface area (Å²) < 4.78 is 10.5. The molecule has 3 rings (SSSR count). The molecule has 0 unspecified atom stereocenters. The average Bonchev–Trinajstić information content (AvgIpc) is 3.25. The zero-order chi connectivity index (χ0) is 16.4. The molecule has 8 heteroatoms. The lowest BCUT2D eigenvalue weighted by molar-refractivity contribution is 0.0497. The van der Waals surface area contributed by atoms with Crippen LogP contribution in [-0.4, -0.2) is 58.0 Å². The smallest absolute Gasteiger partial charge is 0.311 e. The topological polar surface area (TPSA) is 92.7 Å². The summed E-state index contributed by atoms with van der Waals surface area (Å²) >= 11 is 0. The number of furan rings is 1. The Morgan fingerprint density at radius 3 is 2.26 bits per heavy atom. The Labute approximate surface area is 133 Å². The van der Waals surface area contributed by atoms with Crippen LogP contribution >= 0.6 is 0 Å². The van der Waals surface area contributed by atoms with E-state index in [1.807, 2.05) is 13.8 Å². The predicted octanol–water partition coefficient (Wildman–Crippen LogP) is 1.38. The van der Waals surface area contributed by atoms with Gasteiger partial charge in [-0.1, -0.05) is 13.8 Å². The van der Waals surface area contributed by atoms with Crippen LogP contribution in [0.5, 0.6) is 0 Å². The molecular weight excluding hydrogens is 300 g/mol. The second-order valence-corrected chi connectivity index (χ2v) is 5.66. The number of carbonyl (C=O) groups is 2. The quantitative estimate of drug-likeness (QED) is 0.849. The molecule has 0 saturated carbocycles. The molecule has 0 N–H and O–H groups in total. The minimum atomic E-state index is -0.297. The molecule has 0 atom stereocenters. The second-order valence-electron chi connectivity index (χ2n) is 5.66. The van der Waals surface area contributed by atoms with Gasteiger partial charge in [-0.15, -0.1) is 10.2 Å². The van der Waals surface area contributed by atoms with E-state index in [0.717, 1.165) is 0 Å². The van der Waals surface area contributed by atoms with Gasteiger partial charge in [-0.05, 0) is 12.1 Å². The highest BCUT2D eigenvalue weighted by molar-refractivity contribution is 5.92. The molecule has 1 aliphatic rings. The molecule has 1 fully saturated rings. The van der Waals surface area contributed by atoms with Crippen LogP contribution in [0.3, 0.4) is 0 Å². The van der Waals surface area contributed by atoms with Gasteiger partial charge in [0.15, 0.2) is 5.76 Å². The van der Waals surface area contributed by atoms with Gasteiger partial charge in [-0.3, -0.25) is 9.59 Å². The van der Waals surface area contributed by atoms with E-state index in [0.29, 0.717) is 37.8 Å². The van der Waals surface area contributed by atoms with Crippen LogP contribution in [0.15, 0.2) is 27.2 Å². The summed E-state index contributed by atoms with van der Waals surface area (Å²) in [5, 5.41) is 7.67. The van der Waals surface area contributed by atoms with Gasteiger partial charge in [-0.2, -0.15) is 0 Å². The van der Waals surface area contributed by atoms with Gasteiger partial charge >= 0.3 is 11.8 Å². The summed E-state index contributed by atoms with van der Waals surface area (Å²) in [6.45, 7) is 5.56. The Morgan fingerprint density at radius 2 is 1.74 bits per heavy atom. The van der Waals surface area contributed by atoms with E-state index in [1.165, 1.54) is 6.26 Å². The lowest BCUT2D eigenvalue weighted by Crippen LogP contribution is -2.50. The maximum Gasteiger partial charge on any atom is 0.311 e. The first-order valence-corrected chi connectivity index (χ1v) is 7.51. The number of piperazine rings is 1. The summed E-state index contributed by atoms with van der Waals surface area (Å²) in [6.07, 6.45) is 1.47. The van der Waals surface area contributed by atoms with Gasteiger partial charge in [0.25, 0.3) is 5.91 Å². The average molecular weight is 318 g/mol. The van der Waals surface area contributed by atoms with Gasteiger partial charge in [0, 0.05) is 32.1 Å². The lowest BCUT2D eigenvalue weighted by Gasteiger charge is -2.33. The number of nitrogens with zero attached hydrogens (tertiary/aromatic N) is 4. The molecule has 122 valence electrons. The van der Waals surface area contributed by atoms with Gasteiger partial charge in [-0.25, -0.2) is 0 Å². The van der Waals surface area contributed by atoms with Crippen LogP contribution in [0.2, 0.25) is 0 Å². The van der Waals surface area contributed by atoms with E-state index in [4.69, 9.17) is 8.83 Å². The molecule has 0 aliphatic carbocycles. The molecule has 8 nitrogen and oxygen atoms in total. The highest BCUT2D eigenvalue weighted by Gasteiger charge is 2.29. The summed E-state index contributed by atoms with van der Waals surface area (Å²) in [5.74, 6) is 0.367. The zero-order valence-electron chi connectivity index (χ0n) is 13.1. The minimum Gasteiger partial charge on any atom is -0.459 e. The summed E-state index contributed by atoms with van der Waals surface area (Å²) in [6, 6.07) is 3.31. The van der Waals surface area contributed by atoms with Crippen molar-refractivity contribution >= 4 is 11.8 Å². The fourth-order valence-corrected chi connectivity index (χ4v) is 2.36. The number of rotatable bonds is 3. The molecule has 0 bridgehead atoms. The first-order valence-electron chi connectivity index (χ1n) is 7.51. The molecule has 2 amide bonds. The van der Waals surface area contributed by atoms with Crippen molar-refractivity contribution in [3.63, 3.8) is 0 Å². The van der Waals surface area contributed by atoms with E-state index in [-0.39, 0.29) is 23.6 Å². The van der Waals surface area contributed by atoms with Crippen molar-refractivity contribution in [2.45, 2.75) is 19.8 Å². The van der Waals surface area contributed by atoms with E-state index in [9.17, 15) is 9.59 Å². The Bertz CT molecular complexity index is 684. The standard InChI is InChI=1S/C15H18N4O4/c1-10(2)12-16-17-13(23-12)15(21)19-7-5-18(6-8-19)14(20)11-4-3-9-22-11/h3-4,9-10H,5-8H2,1-2H3. The molecular formula is C15H18N4O4. The Kier molecular flexibility index (Phi) is 4.14. The van der Waals surface area contributed by atoms with Crippen LogP contribution < -0.4 is 0 Å². The molecule has 3 heterocycles. The Balaban J connectivity index is 1.60. The highest BCUT2D eigenvalue weighted by Crippen LogP contribution is 2.15. The fraction of sp³-hybridized carbons (Fsp3) is 0.467. The first kappa shape index (κ1) is 15.3. The molecule has 0 aromatic carbocycles. The van der Waals surface area contributed by atoms with E-state index >= 15 is 0 Å². The van der Waals surface area contributed by atoms with Gasteiger partial charge < -0.3 is 18.6 Å². The Hall–Kier alpha value is -2.64. The molecule has 0 radical (unpaired) electrons. The SMILES string of the molecule is CC(C)c1nnc(C(=O)N2CCN(C(=O)c3ccco3)CC2)o1. The third kappa shape index (κ3) is 3.10. The van der Waals surface area contributed by atoms with E-state index in [2.05, 4.69) is 10.2 Å². The summed E-state index contributed by atoms with van der Waals surface area (Å²) in [4.78, 5) is 27.8. The molecule has 23 heavy (non-hydrogen) atoms. The van der Waals surface area contributed by atoms with E-state index < -0.39 is 0 Å². The van der Waals surface area contributed by atoms with Crippen molar-refractivity contribution in [1.29, 1.82) is 0 Å². The van der Waals surface area contributed by atoms with E-state index in [1.54, 1.807) is 21.9 Å². The number of hydrogen-bond donors (Lipinski definition) is 0. The van der Waals surface area contributed by atoms with Crippen molar-refractivity contribution < 1.29 is 18.4 Å². The summed E-state index contributed by atoms with van der Waals surface area (Å²) in [5.41, 5.74) is 0. The lowest BCUT2D eigenvalue weighted by atomic mass is 10.2. The van der Waals surface area contributed by atoms with Crippen LogP contribution in [-0.2, 0) is 0 Å². The van der Waals surface area contributed by atoms with Crippen molar-refractivity contribution in [2.24, 2.45) is 0 Å². The third-order valence-electron chi connectivity index (χ3n) is 3.70. The van der Waals surface area contributed by atoms with Crippen LogP contribution in [0, 0.1) is 0 Å². The maximum absolute atomic E-state index is 12.3. The third-order valence-corrected chi connectivity index (χ3v) is 3.70. The number of aromatic nitrogens is 2. The number of amides is 2. The summed E-state index contributed by atoms with van der Waals surface area (Å²) in [7, 11) is 0. The zero-order valence-corrected chi connectivity index (χ0v) is 13.1. The highest BCUT2D eigenvalue weighted by atomic mass is 16.4. The normalized spacial score (nSPS) is 15.3. The maximum atomic E-state index is 12.3. The van der Waals surface area contributed by atoms with Gasteiger partial charge in [0.2, 0.25) is 5.89 Å². The largest absolute Gasteiger partial charge is 0.459 e. The first-order chi connectivity index (χ1) is 11.1. The molecule has 2 aromatic heterocycles.